The zero-order valence-electron chi connectivity index (χ0n) is 33.8. The number of carbonyl (C=O) groups is 2. The number of benzene rings is 2. The lowest BCUT2D eigenvalue weighted by molar-refractivity contribution is 0.00578. The maximum Gasteiger partial charge on any atom is 0.428 e. The van der Waals surface area contributed by atoms with E-state index in [0.29, 0.717) is 59.8 Å². The Hall–Kier alpha value is -4.08. The van der Waals surface area contributed by atoms with Gasteiger partial charge in [-0.3, -0.25) is 0 Å². The van der Waals surface area contributed by atoms with Gasteiger partial charge in [0.15, 0.2) is 0 Å². The molecule has 10 heteroatoms. The highest BCUT2D eigenvalue weighted by Crippen LogP contribution is 2.47. The van der Waals surface area contributed by atoms with Crippen LogP contribution in [0, 0.1) is 35.5 Å². The molecule has 4 aliphatic carbocycles. The SMILES string of the molecule is COc1ccc2c(c1-c1c(OC)ccc3c1/C(=N/NC(=O)O[C@H]1C[C@@H](C)CC[C@@H]1C(C)C)CCC3)/C(=N\NC(=O)O[C@H]1C[C@@H](C)CC[C@@H]1C(C)C)CCC2. The first kappa shape index (κ1) is 39.6. The van der Waals surface area contributed by atoms with Crippen molar-refractivity contribution in [3.63, 3.8) is 0 Å². The van der Waals surface area contributed by atoms with E-state index in [0.717, 1.165) is 109 Å². The normalized spacial score (nSPS) is 26.9. The number of aryl methyl sites for hydroxylation is 2. The van der Waals surface area contributed by atoms with E-state index in [1.807, 2.05) is 12.1 Å². The number of amides is 2. The Morgan fingerprint density at radius 2 is 1.02 bits per heavy atom. The van der Waals surface area contributed by atoms with E-state index >= 15 is 0 Å². The monoisotopic (exact) mass is 742 g/mol. The molecule has 2 amide bonds. The molecular formula is C44H62N4O6. The second-order valence-electron chi connectivity index (χ2n) is 16.9. The highest BCUT2D eigenvalue weighted by Gasteiger charge is 2.36. The van der Waals surface area contributed by atoms with Crippen molar-refractivity contribution in [3.05, 3.63) is 46.5 Å². The Balaban J connectivity index is 1.34. The van der Waals surface area contributed by atoms with Crippen LogP contribution in [-0.4, -0.2) is 50.0 Å². The van der Waals surface area contributed by atoms with Gasteiger partial charge >= 0.3 is 12.2 Å². The number of nitrogens with zero attached hydrogens (tertiary/aromatic N) is 2. The highest BCUT2D eigenvalue weighted by atomic mass is 16.6. The summed E-state index contributed by atoms with van der Waals surface area (Å²) in [5.74, 6) is 3.90. The number of hydrazone groups is 2. The molecule has 0 aliphatic heterocycles. The summed E-state index contributed by atoms with van der Waals surface area (Å²) in [7, 11) is 3.34. The lowest BCUT2D eigenvalue weighted by atomic mass is 9.75. The molecule has 0 radical (unpaired) electrons. The smallest absolute Gasteiger partial charge is 0.428 e. The van der Waals surface area contributed by atoms with E-state index in [9.17, 15) is 9.59 Å². The lowest BCUT2D eigenvalue weighted by Crippen LogP contribution is -2.38. The first-order chi connectivity index (χ1) is 26.0. The molecule has 2 N–H and O–H groups in total. The number of carbonyl (C=O) groups excluding carboxylic acids is 2. The van der Waals surface area contributed by atoms with Gasteiger partial charge in [-0.25, -0.2) is 20.4 Å². The maximum absolute atomic E-state index is 13.3. The van der Waals surface area contributed by atoms with Crippen molar-refractivity contribution in [2.24, 2.45) is 45.7 Å². The summed E-state index contributed by atoms with van der Waals surface area (Å²) in [4.78, 5) is 26.7. The zero-order valence-corrected chi connectivity index (χ0v) is 33.8. The Morgan fingerprint density at radius 1 is 0.611 bits per heavy atom. The number of ether oxygens (including phenoxy) is 4. The third kappa shape index (κ3) is 8.73. The van der Waals surface area contributed by atoms with Crippen LogP contribution in [-0.2, 0) is 22.3 Å². The molecule has 6 atom stereocenters. The second kappa shape index (κ2) is 17.6. The molecule has 2 aromatic rings. The van der Waals surface area contributed by atoms with Crippen LogP contribution in [0.15, 0.2) is 34.5 Å². The van der Waals surface area contributed by atoms with Gasteiger partial charge in [0.2, 0.25) is 0 Å². The fraction of sp³-hybridized carbons (Fsp3) is 0.636. The van der Waals surface area contributed by atoms with Gasteiger partial charge in [0.1, 0.15) is 23.7 Å². The van der Waals surface area contributed by atoms with Gasteiger partial charge in [-0.15, -0.1) is 0 Å². The van der Waals surface area contributed by atoms with E-state index in [4.69, 9.17) is 29.2 Å². The fourth-order valence-corrected chi connectivity index (χ4v) is 9.59. The number of fused-ring (bicyclic) bond motifs is 2. The number of methoxy groups -OCH3 is 2. The molecule has 0 saturated heterocycles. The Morgan fingerprint density at radius 3 is 1.39 bits per heavy atom. The lowest BCUT2D eigenvalue weighted by Gasteiger charge is -2.36. The van der Waals surface area contributed by atoms with Gasteiger partial charge in [-0.1, -0.05) is 66.5 Å². The first-order valence-electron chi connectivity index (χ1n) is 20.5. The van der Waals surface area contributed by atoms with Crippen LogP contribution in [0.5, 0.6) is 11.5 Å². The molecule has 2 saturated carbocycles. The Kier molecular flexibility index (Phi) is 12.9. The summed E-state index contributed by atoms with van der Waals surface area (Å²) < 4.78 is 24.3. The molecule has 2 fully saturated rings. The second-order valence-corrected chi connectivity index (χ2v) is 16.9. The topological polar surface area (TPSA) is 120 Å². The van der Waals surface area contributed by atoms with Crippen LogP contribution in [0.1, 0.15) is 128 Å². The van der Waals surface area contributed by atoms with E-state index in [-0.39, 0.29) is 12.2 Å². The van der Waals surface area contributed by atoms with E-state index in [1.165, 1.54) is 0 Å². The highest BCUT2D eigenvalue weighted by molar-refractivity contribution is 6.15. The van der Waals surface area contributed by atoms with E-state index < -0.39 is 12.2 Å². The summed E-state index contributed by atoms with van der Waals surface area (Å²) in [5, 5.41) is 9.52. The molecule has 10 nitrogen and oxygen atoms in total. The Bertz CT molecular complexity index is 1610. The average molecular weight is 743 g/mol. The minimum Gasteiger partial charge on any atom is -0.496 e. The van der Waals surface area contributed by atoms with Gasteiger partial charge in [-0.2, -0.15) is 10.2 Å². The summed E-state index contributed by atoms with van der Waals surface area (Å²) in [6.45, 7) is 13.3. The molecule has 54 heavy (non-hydrogen) atoms. The summed E-state index contributed by atoms with van der Waals surface area (Å²) >= 11 is 0. The van der Waals surface area contributed by atoms with Crippen molar-refractivity contribution in [2.45, 2.75) is 131 Å². The number of hydrogen-bond donors (Lipinski definition) is 2. The molecular weight excluding hydrogens is 681 g/mol. The predicted octanol–water partition coefficient (Wildman–Crippen LogP) is 9.83. The summed E-state index contributed by atoms with van der Waals surface area (Å²) in [6.07, 6.45) is 9.71. The van der Waals surface area contributed by atoms with Gasteiger partial charge < -0.3 is 18.9 Å². The standard InChI is InChI=1S/C44H62N4O6/c1-25(2)31-19-15-27(5)23-37(31)53-43(49)47-45-33-13-9-11-29-17-21-35(51-7)41(39(29)33)42-36(52-8)22-18-30-12-10-14-34(40(30)42)46-48-44(50)54-38-24-28(6)16-20-32(38)26(3)4/h17-18,21-22,25-28,31-32,37-38H,9-16,19-20,23-24H2,1-8H3,(H,47,49)(H,48,50)/b45-33-,46-34+/t27-,28-,31+,32+,37-,38-/m0/s1. The number of rotatable bonds is 9. The average Bonchev–Trinajstić information content (AvgIpc) is 3.15. The van der Waals surface area contributed by atoms with Crippen molar-refractivity contribution in [3.8, 4) is 22.6 Å². The quantitative estimate of drug-likeness (QED) is 0.247. The van der Waals surface area contributed by atoms with E-state index in [1.54, 1.807) is 14.2 Å². The van der Waals surface area contributed by atoms with Crippen LogP contribution in [0.4, 0.5) is 9.59 Å². The third-order valence-electron chi connectivity index (χ3n) is 12.5. The third-order valence-corrected chi connectivity index (χ3v) is 12.5. The molecule has 294 valence electrons. The van der Waals surface area contributed by atoms with Crippen LogP contribution in [0.25, 0.3) is 11.1 Å². The van der Waals surface area contributed by atoms with Gasteiger partial charge in [-0.05, 0) is 123 Å². The van der Waals surface area contributed by atoms with Crippen LogP contribution < -0.4 is 20.3 Å². The minimum atomic E-state index is -0.520. The van der Waals surface area contributed by atoms with Gasteiger partial charge in [0.05, 0.1) is 25.6 Å². The number of nitrogens with one attached hydrogen (secondary N) is 2. The van der Waals surface area contributed by atoms with Crippen molar-refractivity contribution in [1.29, 1.82) is 0 Å². The predicted molar refractivity (Wildman–Crippen MR) is 213 cm³/mol. The molecule has 0 heterocycles. The summed E-state index contributed by atoms with van der Waals surface area (Å²) in [5.41, 5.74) is 12.8. The molecule has 4 aliphatic rings. The molecule has 0 unspecified atom stereocenters. The maximum atomic E-state index is 13.3. The molecule has 0 bridgehead atoms. The van der Waals surface area contributed by atoms with Crippen LogP contribution in [0.3, 0.4) is 0 Å². The van der Waals surface area contributed by atoms with E-state index in [2.05, 4.69) is 64.5 Å². The fourth-order valence-electron chi connectivity index (χ4n) is 9.59. The van der Waals surface area contributed by atoms with Crippen LogP contribution >= 0.6 is 0 Å². The largest absolute Gasteiger partial charge is 0.496 e. The minimum absolute atomic E-state index is 0.130. The van der Waals surface area contributed by atoms with Crippen molar-refractivity contribution in [2.75, 3.05) is 14.2 Å². The number of hydrogen-bond acceptors (Lipinski definition) is 8. The molecule has 0 aromatic heterocycles. The molecule has 6 rings (SSSR count). The molecule has 2 aromatic carbocycles. The van der Waals surface area contributed by atoms with Gasteiger partial charge in [0.25, 0.3) is 0 Å². The summed E-state index contributed by atoms with van der Waals surface area (Å²) in [6, 6.07) is 8.18. The van der Waals surface area contributed by atoms with Crippen molar-refractivity contribution >= 4 is 23.6 Å². The van der Waals surface area contributed by atoms with Crippen molar-refractivity contribution in [1.82, 2.24) is 10.9 Å². The first-order valence-corrected chi connectivity index (χ1v) is 20.5. The van der Waals surface area contributed by atoms with Gasteiger partial charge in [0, 0.05) is 22.3 Å². The molecule has 0 spiro atoms. The zero-order chi connectivity index (χ0) is 38.5. The van der Waals surface area contributed by atoms with Crippen molar-refractivity contribution < 1.29 is 28.5 Å². The Labute approximate surface area is 322 Å². The van der Waals surface area contributed by atoms with Crippen LogP contribution in [0.2, 0.25) is 0 Å².